The lowest BCUT2D eigenvalue weighted by Crippen LogP contribution is -2.18. The number of halogens is 1. The minimum atomic E-state index is 0.820. The average molecular weight is 339 g/mol. The van der Waals surface area contributed by atoms with Gasteiger partial charge in [-0.2, -0.15) is 5.10 Å². The summed E-state index contributed by atoms with van der Waals surface area (Å²) in [5, 5.41) is 4.55. The van der Waals surface area contributed by atoms with E-state index < -0.39 is 0 Å². The van der Waals surface area contributed by atoms with Gasteiger partial charge in [0.2, 0.25) is 0 Å². The summed E-state index contributed by atoms with van der Waals surface area (Å²) in [6, 6.07) is 8.30. The lowest BCUT2D eigenvalue weighted by molar-refractivity contribution is 0.266. The van der Waals surface area contributed by atoms with Crippen LogP contribution in [0.1, 0.15) is 19.3 Å². The fraction of sp³-hybridized carbons (Fsp3) is 0.385. The van der Waals surface area contributed by atoms with Gasteiger partial charge < -0.3 is 0 Å². The van der Waals surface area contributed by atoms with Crippen LogP contribution in [0.3, 0.4) is 0 Å². The molecule has 0 unspecified atom stereocenters. The number of nitrogens with zero attached hydrogens (tertiary/aromatic N) is 3. The first-order valence-electron chi connectivity index (χ1n) is 5.96. The molecule has 1 heterocycles. The highest BCUT2D eigenvalue weighted by atomic mass is 127. The first kappa shape index (κ1) is 11.2. The molecule has 2 aromatic rings. The summed E-state index contributed by atoms with van der Waals surface area (Å²) < 4.78 is 3.20. The number of rotatable bonds is 3. The second kappa shape index (κ2) is 4.76. The van der Waals surface area contributed by atoms with Gasteiger partial charge in [-0.05, 0) is 53.5 Å². The molecule has 1 aliphatic carbocycles. The third kappa shape index (κ3) is 2.51. The highest BCUT2D eigenvalue weighted by Crippen LogP contribution is 2.27. The molecular formula is C13H14IN3. The SMILES string of the molecule is Ic1cccc(-c2ncn(CC3CCC3)n2)c1. The molecule has 0 N–H and O–H groups in total. The van der Waals surface area contributed by atoms with E-state index in [0.29, 0.717) is 0 Å². The molecule has 1 aromatic carbocycles. The molecule has 17 heavy (non-hydrogen) atoms. The number of benzene rings is 1. The van der Waals surface area contributed by atoms with Gasteiger partial charge in [-0.25, -0.2) is 4.98 Å². The molecule has 0 bridgehead atoms. The molecule has 0 spiro atoms. The van der Waals surface area contributed by atoms with Crippen molar-refractivity contribution in [2.75, 3.05) is 0 Å². The normalized spacial score (nSPS) is 15.8. The van der Waals surface area contributed by atoms with Crippen molar-refractivity contribution in [3.05, 3.63) is 34.2 Å². The van der Waals surface area contributed by atoms with Crippen LogP contribution in [0.4, 0.5) is 0 Å². The van der Waals surface area contributed by atoms with Crippen LogP contribution in [-0.4, -0.2) is 14.8 Å². The Kier molecular flexibility index (Phi) is 3.13. The maximum atomic E-state index is 4.55. The van der Waals surface area contributed by atoms with Crippen LogP contribution in [0.5, 0.6) is 0 Å². The van der Waals surface area contributed by atoms with Crippen molar-refractivity contribution in [1.82, 2.24) is 14.8 Å². The van der Waals surface area contributed by atoms with Crippen molar-refractivity contribution >= 4 is 22.6 Å². The lowest BCUT2D eigenvalue weighted by atomic mass is 9.86. The Morgan fingerprint density at radius 3 is 2.94 bits per heavy atom. The Morgan fingerprint density at radius 2 is 2.24 bits per heavy atom. The summed E-state index contributed by atoms with van der Waals surface area (Å²) in [4.78, 5) is 4.39. The predicted molar refractivity (Wildman–Crippen MR) is 75.5 cm³/mol. The van der Waals surface area contributed by atoms with Crippen LogP contribution in [0.15, 0.2) is 30.6 Å². The molecule has 88 valence electrons. The molecule has 0 amide bonds. The molecule has 0 radical (unpaired) electrons. The summed E-state index contributed by atoms with van der Waals surface area (Å²) in [5.41, 5.74) is 1.10. The van der Waals surface area contributed by atoms with E-state index in [9.17, 15) is 0 Å². The summed E-state index contributed by atoms with van der Waals surface area (Å²) in [5.74, 6) is 1.66. The van der Waals surface area contributed by atoms with E-state index in [1.54, 1.807) is 0 Å². The van der Waals surface area contributed by atoms with Gasteiger partial charge in [0.15, 0.2) is 5.82 Å². The zero-order chi connectivity index (χ0) is 11.7. The Bertz CT molecular complexity index is 517. The third-order valence-corrected chi connectivity index (χ3v) is 3.96. The molecule has 1 aromatic heterocycles. The smallest absolute Gasteiger partial charge is 0.181 e. The maximum Gasteiger partial charge on any atom is 0.181 e. The summed E-state index contributed by atoms with van der Waals surface area (Å²) in [6.45, 7) is 1.02. The molecule has 4 heteroatoms. The third-order valence-electron chi connectivity index (χ3n) is 3.29. The van der Waals surface area contributed by atoms with Crippen LogP contribution >= 0.6 is 22.6 Å². The van der Waals surface area contributed by atoms with Crippen molar-refractivity contribution in [2.45, 2.75) is 25.8 Å². The van der Waals surface area contributed by atoms with E-state index in [1.807, 2.05) is 17.1 Å². The van der Waals surface area contributed by atoms with Gasteiger partial charge in [-0.15, -0.1) is 0 Å². The minimum Gasteiger partial charge on any atom is -0.252 e. The molecule has 0 atom stereocenters. The molecule has 3 nitrogen and oxygen atoms in total. The van der Waals surface area contributed by atoms with Crippen molar-refractivity contribution in [1.29, 1.82) is 0 Å². The van der Waals surface area contributed by atoms with Crippen molar-refractivity contribution in [2.24, 2.45) is 5.92 Å². The molecule has 1 aliphatic rings. The highest BCUT2D eigenvalue weighted by Gasteiger charge is 2.18. The topological polar surface area (TPSA) is 30.7 Å². The van der Waals surface area contributed by atoms with Crippen LogP contribution in [0, 0.1) is 9.49 Å². The van der Waals surface area contributed by atoms with E-state index in [0.717, 1.165) is 23.9 Å². The monoisotopic (exact) mass is 339 g/mol. The second-order valence-electron chi connectivity index (χ2n) is 4.60. The van der Waals surface area contributed by atoms with Crippen molar-refractivity contribution < 1.29 is 0 Å². The molecular weight excluding hydrogens is 325 g/mol. The zero-order valence-electron chi connectivity index (χ0n) is 9.51. The number of aromatic nitrogens is 3. The van der Waals surface area contributed by atoms with Gasteiger partial charge in [0, 0.05) is 15.7 Å². The first-order valence-corrected chi connectivity index (χ1v) is 7.04. The Labute approximate surface area is 114 Å². The summed E-state index contributed by atoms with van der Waals surface area (Å²) >= 11 is 2.31. The van der Waals surface area contributed by atoms with E-state index in [1.165, 1.54) is 22.8 Å². The molecule has 0 saturated heterocycles. The van der Waals surface area contributed by atoms with Gasteiger partial charge in [0.25, 0.3) is 0 Å². The predicted octanol–water partition coefficient (Wildman–Crippen LogP) is 3.35. The van der Waals surface area contributed by atoms with E-state index in [2.05, 4.69) is 50.9 Å². The molecule has 0 aliphatic heterocycles. The van der Waals surface area contributed by atoms with Crippen LogP contribution in [0.2, 0.25) is 0 Å². The van der Waals surface area contributed by atoms with E-state index in [-0.39, 0.29) is 0 Å². The van der Waals surface area contributed by atoms with E-state index >= 15 is 0 Å². The van der Waals surface area contributed by atoms with Crippen LogP contribution < -0.4 is 0 Å². The fourth-order valence-electron chi connectivity index (χ4n) is 2.08. The van der Waals surface area contributed by atoms with Gasteiger partial charge >= 0.3 is 0 Å². The fourth-order valence-corrected chi connectivity index (χ4v) is 2.63. The Hall–Kier alpha value is -0.910. The van der Waals surface area contributed by atoms with Gasteiger partial charge in [-0.1, -0.05) is 18.6 Å². The molecule has 1 fully saturated rings. The second-order valence-corrected chi connectivity index (χ2v) is 5.84. The Morgan fingerprint density at radius 1 is 1.35 bits per heavy atom. The van der Waals surface area contributed by atoms with Crippen molar-refractivity contribution in [3.63, 3.8) is 0 Å². The van der Waals surface area contributed by atoms with Crippen molar-refractivity contribution in [3.8, 4) is 11.4 Å². The van der Waals surface area contributed by atoms with Gasteiger partial charge in [-0.3, -0.25) is 4.68 Å². The minimum absolute atomic E-state index is 0.820. The Balaban J connectivity index is 1.79. The largest absolute Gasteiger partial charge is 0.252 e. The summed E-state index contributed by atoms with van der Waals surface area (Å²) in [7, 11) is 0. The number of hydrogen-bond donors (Lipinski definition) is 0. The zero-order valence-corrected chi connectivity index (χ0v) is 11.7. The maximum absolute atomic E-state index is 4.55. The quantitative estimate of drug-likeness (QED) is 0.803. The molecule has 3 rings (SSSR count). The van der Waals surface area contributed by atoms with Gasteiger partial charge in [0.1, 0.15) is 6.33 Å². The first-order chi connectivity index (χ1) is 8.31. The van der Waals surface area contributed by atoms with E-state index in [4.69, 9.17) is 0 Å². The van der Waals surface area contributed by atoms with Crippen LogP contribution in [-0.2, 0) is 6.54 Å². The standard InChI is InChI=1S/C13H14IN3/c14-12-6-2-5-11(7-12)13-15-9-17(16-13)8-10-3-1-4-10/h2,5-7,9-10H,1,3-4,8H2. The lowest BCUT2D eigenvalue weighted by Gasteiger charge is -2.24. The summed E-state index contributed by atoms with van der Waals surface area (Å²) in [6.07, 6.45) is 5.92. The van der Waals surface area contributed by atoms with Crippen LogP contribution in [0.25, 0.3) is 11.4 Å². The number of hydrogen-bond acceptors (Lipinski definition) is 2. The van der Waals surface area contributed by atoms with Gasteiger partial charge in [0.05, 0.1) is 0 Å². The average Bonchev–Trinajstić information content (AvgIpc) is 2.72. The molecule has 1 saturated carbocycles. The highest BCUT2D eigenvalue weighted by molar-refractivity contribution is 14.1.